The quantitative estimate of drug-likeness (QED) is 0.746. The molecule has 0 saturated carbocycles. The molecule has 1 amide bonds. The van der Waals surface area contributed by atoms with E-state index in [4.69, 9.17) is 4.74 Å². The normalized spacial score (nSPS) is 17.8. The molecule has 0 spiro atoms. The summed E-state index contributed by atoms with van der Waals surface area (Å²) in [7, 11) is 0. The fourth-order valence-electron chi connectivity index (χ4n) is 1.57. The highest BCUT2D eigenvalue weighted by Crippen LogP contribution is 2.10. The minimum atomic E-state index is -0.0357. The number of ether oxygens (including phenoxy) is 1. The van der Waals surface area contributed by atoms with Crippen LogP contribution in [0.3, 0.4) is 0 Å². The Morgan fingerprint density at radius 2 is 1.94 bits per heavy atom. The van der Waals surface area contributed by atoms with Gasteiger partial charge in [0.25, 0.3) is 0 Å². The highest BCUT2D eigenvalue weighted by Gasteiger charge is 2.17. The van der Waals surface area contributed by atoms with Crippen LogP contribution in [0.5, 0.6) is 0 Å². The van der Waals surface area contributed by atoms with E-state index >= 15 is 0 Å². The van der Waals surface area contributed by atoms with Crippen molar-refractivity contribution in [1.29, 1.82) is 0 Å². The zero-order valence-corrected chi connectivity index (χ0v) is 11.2. The van der Waals surface area contributed by atoms with Crippen LogP contribution in [0.25, 0.3) is 0 Å². The van der Waals surface area contributed by atoms with Gasteiger partial charge in [-0.1, -0.05) is 27.4 Å². The summed E-state index contributed by atoms with van der Waals surface area (Å²) in [5.74, 6) is -0.0357. The van der Waals surface area contributed by atoms with Gasteiger partial charge in [-0.15, -0.1) is 0 Å². The molecule has 1 heterocycles. The van der Waals surface area contributed by atoms with Crippen molar-refractivity contribution in [2.45, 2.75) is 20.8 Å². The van der Waals surface area contributed by atoms with Crippen molar-refractivity contribution >= 4 is 5.91 Å². The minimum absolute atomic E-state index is 0.0357. The van der Waals surface area contributed by atoms with Crippen molar-refractivity contribution < 1.29 is 9.53 Å². The van der Waals surface area contributed by atoms with Gasteiger partial charge >= 0.3 is 0 Å². The van der Waals surface area contributed by atoms with Crippen LogP contribution in [-0.2, 0) is 9.53 Å². The third-order valence-corrected chi connectivity index (χ3v) is 2.62. The van der Waals surface area contributed by atoms with Gasteiger partial charge in [-0.25, -0.2) is 0 Å². The lowest BCUT2D eigenvalue weighted by atomic mass is 9.97. The predicted octanol–water partition coefficient (Wildman–Crippen LogP) is 1.04. The van der Waals surface area contributed by atoms with Crippen molar-refractivity contribution in [2.75, 3.05) is 39.4 Å². The van der Waals surface area contributed by atoms with E-state index in [9.17, 15) is 4.79 Å². The van der Waals surface area contributed by atoms with Gasteiger partial charge in [0.05, 0.1) is 13.2 Å². The maximum atomic E-state index is 11.8. The first-order valence-corrected chi connectivity index (χ1v) is 6.14. The second-order valence-electron chi connectivity index (χ2n) is 5.74. The van der Waals surface area contributed by atoms with Crippen molar-refractivity contribution in [3.63, 3.8) is 0 Å². The van der Waals surface area contributed by atoms with E-state index < -0.39 is 0 Å². The largest absolute Gasteiger partial charge is 0.379 e. The van der Waals surface area contributed by atoms with E-state index in [-0.39, 0.29) is 11.3 Å². The Hall–Kier alpha value is -0.870. The Morgan fingerprint density at radius 3 is 2.47 bits per heavy atom. The zero-order valence-electron chi connectivity index (χ0n) is 11.2. The average molecular weight is 240 g/mol. The third kappa shape index (κ3) is 5.84. The molecular weight excluding hydrogens is 216 g/mol. The molecule has 0 unspecified atom stereocenters. The number of hydrogen-bond acceptors (Lipinski definition) is 3. The molecule has 0 aliphatic carbocycles. The maximum absolute atomic E-state index is 11.8. The first-order chi connectivity index (χ1) is 7.88. The summed E-state index contributed by atoms with van der Waals surface area (Å²) >= 11 is 0. The Labute approximate surface area is 104 Å². The summed E-state index contributed by atoms with van der Waals surface area (Å²) in [6.07, 6.45) is 0. The van der Waals surface area contributed by atoms with Crippen LogP contribution in [-0.4, -0.2) is 50.2 Å². The Balaban J connectivity index is 2.29. The molecule has 0 bridgehead atoms. The van der Waals surface area contributed by atoms with Crippen LogP contribution in [0.1, 0.15) is 20.8 Å². The summed E-state index contributed by atoms with van der Waals surface area (Å²) in [6.45, 7) is 14.7. The molecule has 0 radical (unpaired) electrons. The molecule has 0 atom stereocenters. The molecule has 17 heavy (non-hydrogen) atoms. The molecule has 98 valence electrons. The molecule has 0 aromatic rings. The van der Waals surface area contributed by atoms with Crippen LogP contribution >= 0.6 is 0 Å². The Bertz CT molecular complexity index is 276. The smallest absolute Gasteiger partial charge is 0.247 e. The van der Waals surface area contributed by atoms with Gasteiger partial charge in [-0.3, -0.25) is 9.69 Å². The van der Waals surface area contributed by atoms with Crippen molar-refractivity contribution in [2.24, 2.45) is 5.41 Å². The van der Waals surface area contributed by atoms with E-state index in [0.717, 1.165) is 26.3 Å². The fourth-order valence-corrected chi connectivity index (χ4v) is 1.57. The van der Waals surface area contributed by atoms with Gasteiger partial charge in [-0.05, 0) is 5.41 Å². The highest BCUT2D eigenvalue weighted by molar-refractivity contribution is 5.93. The monoisotopic (exact) mass is 240 g/mol. The van der Waals surface area contributed by atoms with Crippen molar-refractivity contribution in [3.8, 4) is 0 Å². The van der Waals surface area contributed by atoms with Crippen LogP contribution in [0.15, 0.2) is 12.2 Å². The third-order valence-electron chi connectivity index (χ3n) is 2.62. The summed E-state index contributed by atoms with van der Waals surface area (Å²) in [6, 6.07) is 0. The van der Waals surface area contributed by atoms with E-state index in [1.165, 1.54) is 0 Å². The SMILES string of the molecule is C=C(CN1CCOCC1)C(=O)NCC(C)(C)C. The molecule has 1 saturated heterocycles. The van der Waals surface area contributed by atoms with Crippen LogP contribution in [0.4, 0.5) is 0 Å². The molecule has 1 aliphatic rings. The lowest BCUT2D eigenvalue weighted by molar-refractivity contribution is -0.118. The van der Waals surface area contributed by atoms with Gasteiger partial charge in [0.2, 0.25) is 5.91 Å². The first kappa shape index (κ1) is 14.2. The number of morpholine rings is 1. The van der Waals surface area contributed by atoms with E-state index in [0.29, 0.717) is 18.7 Å². The van der Waals surface area contributed by atoms with Gasteiger partial charge in [0.1, 0.15) is 0 Å². The second-order valence-corrected chi connectivity index (χ2v) is 5.74. The topological polar surface area (TPSA) is 41.6 Å². The predicted molar refractivity (Wildman–Crippen MR) is 68.9 cm³/mol. The number of hydrogen-bond donors (Lipinski definition) is 1. The number of carbonyl (C=O) groups excluding carboxylic acids is 1. The van der Waals surface area contributed by atoms with Gasteiger partial charge in [0.15, 0.2) is 0 Å². The van der Waals surface area contributed by atoms with Crippen molar-refractivity contribution in [1.82, 2.24) is 10.2 Å². The molecule has 4 nitrogen and oxygen atoms in total. The number of nitrogens with one attached hydrogen (secondary N) is 1. The summed E-state index contributed by atoms with van der Waals surface area (Å²) < 4.78 is 5.26. The van der Waals surface area contributed by atoms with E-state index in [2.05, 4.69) is 37.6 Å². The Kier molecular flexibility index (Phi) is 5.15. The lowest BCUT2D eigenvalue weighted by Gasteiger charge is -2.27. The average Bonchev–Trinajstić information content (AvgIpc) is 2.26. The molecule has 1 fully saturated rings. The molecule has 0 aromatic carbocycles. The highest BCUT2D eigenvalue weighted by atomic mass is 16.5. The summed E-state index contributed by atoms with van der Waals surface area (Å²) in [5.41, 5.74) is 0.741. The standard InChI is InChI=1S/C13H24N2O2/c1-11(9-15-5-7-17-8-6-15)12(16)14-10-13(2,3)4/h1,5-10H2,2-4H3,(H,14,16). The van der Waals surface area contributed by atoms with Gasteiger partial charge in [-0.2, -0.15) is 0 Å². The molecular formula is C13H24N2O2. The first-order valence-electron chi connectivity index (χ1n) is 6.14. The van der Waals surface area contributed by atoms with E-state index in [1.807, 2.05) is 0 Å². The van der Waals surface area contributed by atoms with Gasteiger partial charge < -0.3 is 10.1 Å². The molecule has 1 rings (SSSR count). The van der Waals surface area contributed by atoms with Crippen LogP contribution in [0, 0.1) is 5.41 Å². The van der Waals surface area contributed by atoms with Crippen LogP contribution in [0.2, 0.25) is 0 Å². The fraction of sp³-hybridized carbons (Fsp3) is 0.769. The van der Waals surface area contributed by atoms with Crippen molar-refractivity contribution in [3.05, 3.63) is 12.2 Å². The summed E-state index contributed by atoms with van der Waals surface area (Å²) in [4.78, 5) is 14.0. The number of carbonyl (C=O) groups is 1. The molecule has 1 N–H and O–H groups in total. The van der Waals surface area contributed by atoms with E-state index in [1.54, 1.807) is 0 Å². The Morgan fingerprint density at radius 1 is 1.35 bits per heavy atom. The molecule has 0 aromatic heterocycles. The number of amides is 1. The molecule has 1 aliphatic heterocycles. The molecule has 4 heteroatoms. The lowest BCUT2D eigenvalue weighted by Crippen LogP contribution is -2.41. The van der Waals surface area contributed by atoms with Crippen LogP contribution < -0.4 is 5.32 Å². The second kappa shape index (κ2) is 6.17. The summed E-state index contributed by atoms with van der Waals surface area (Å²) in [5, 5.41) is 2.92. The zero-order chi connectivity index (χ0) is 12.9. The number of rotatable bonds is 4. The van der Waals surface area contributed by atoms with Gasteiger partial charge in [0, 0.05) is 31.8 Å². The minimum Gasteiger partial charge on any atom is -0.379 e. The number of nitrogens with zero attached hydrogens (tertiary/aromatic N) is 1. The maximum Gasteiger partial charge on any atom is 0.247 e.